The molecule has 0 radical (unpaired) electrons. The van der Waals surface area contributed by atoms with Crippen molar-refractivity contribution in [1.82, 2.24) is 14.5 Å². The maximum Gasteiger partial charge on any atom is 0.243 e. The van der Waals surface area contributed by atoms with E-state index in [1.807, 2.05) is 4.90 Å². The molecule has 1 saturated carbocycles. The molecule has 3 fully saturated rings. The zero-order chi connectivity index (χ0) is 21.7. The number of sulfonamides is 1. The average molecular weight is 474 g/mol. The first-order valence-electron chi connectivity index (χ1n) is 10.7. The monoisotopic (exact) mass is 473 g/mol. The maximum atomic E-state index is 13.2. The van der Waals surface area contributed by atoms with Crippen LogP contribution in [0.15, 0.2) is 23.1 Å². The highest BCUT2D eigenvalue weighted by Crippen LogP contribution is 2.40. The van der Waals surface area contributed by atoms with Gasteiger partial charge in [0.25, 0.3) is 0 Å². The maximum absolute atomic E-state index is 13.2. The van der Waals surface area contributed by atoms with Gasteiger partial charge in [-0.15, -0.1) is 0 Å². The number of nitrogens with one attached hydrogen (secondary N) is 1. The predicted molar refractivity (Wildman–Crippen MR) is 118 cm³/mol. The Morgan fingerprint density at radius 2 is 1.83 bits per heavy atom. The SMILES string of the molecule is CC(C)CC1NC2(CCN(S(=O)(=O)c3ccc(Cl)c(Cl)c3)CC2)N(CC2CC2)C1=O. The van der Waals surface area contributed by atoms with Crippen LogP contribution < -0.4 is 5.32 Å². The van der Waals surface area contributed by atoms with Crippen molar-refractivity contribution in [3.05, 3.63) is 28.2 Å². The van der Waals surface area contributed by atoms with Gasteiger partial charge in [-0.3, -0.25) is 10.1 Å². The lowest BCUT2D eigenvalue weighted by Crippen LogP contribution is -2.59. The van der Waals surface area contributed by atoms with Crippen LogP contribution in [0.2, 0.25) is 10.0 Å². The lowest BCUT2D eigenvalue weighted by atomic mass is 9.96. The summed E-state index contributed by atoms with van der Waals surface area (Å²) in [6.07, 6.45) is 4.31. The summed E-state index contributed by atoms with van der Waals surface area (Å²) >= 11 is 12.0. The molecule has 30 heavy (non-hydrogen) atoms. The normalized spacial score (nSPS) is 24.9. The van der Waals surface area contributed by atoms with Gasteiger partial charge in [0.1, 0.15) is 0 Å². The van der Waals surface area contributed by atoms with Crippen LogP contribution in [-0.2, 0) is 14.8 Å². The van der Waals surface area contributed by atoms with Crippen LogP contribution in [0.4, 0.5) is 0 Å². The molecule has 166 valence electrons. The smallest absolute Gasteiger partial charge is 0.243 e. The Bertz CT molecular complexity index is 925. The first-order valence-corrected chi connectivity index (χ1v) is 12.9. The second-order valence-corrected chi connectivity index (χ2v) is 12.0. The van der Waals surface area contributed by atoms with E-state index in [1.54, 1.807) is 0 Å². The Labute approximate surface area is 188 Å². The Morgan fingerprint density at radius 3 is 2.40 bits per heavy atom. The van der Waals surface area contributed by atoms with E-state index >= 15 is 0 Å². The van der Waals surface area contributed by atoms with Crippen LogP contribution >= 0.6 is 23.2 Å². The summed E-state index contributed by atoms with van der Waals surface area (Å²) in [5.41, 5.74) is -0.442. The zero-order valence-corrected chi connectivity index (χ0v) is 19.7. The number of piperidine rings is 1. The molecule has 2 heterocycles. The highest BCUT2D eigenvalue weighted by Gasteiger charge is 2.53. The molecule has 9 heteroatoms. The first-order chi connectivity index (χ1) is 14.1. The van der Waals surface area contributed by atoms with E-state index in [4.69, 9.17) is 23.2 Å². The van der Waals surface area contributed by atoms with Crippen molar-refractivity contribution in [3.8, 4) is 0 Å². The second kappa shape index (κ2) is 8.24. The van der Waals surface area contributed by atoms with Crippen molar-refractivity contribution in [2.75, 3.05) is 19.6 Å². The quantitative estimate of drug-likeness (QED) is 0.682. The van der Waals surface area contributed by atoms with E-state index < -0.39 is 15.7 Å². The van der Waals surface area contributed by atoms with E-state index in [-0.39, 0.29) is 21.9 Å². The van der Waals surface area contributed by atoms with Gasteiger partial charge in [-0.1, -0.05) is 37.0 Å². The van der Waals surface area contributed by atoms with Crippen LogP contribution in [0.5, 0.6) is 0 Å². The molecule has 1 aromatic carbocycles. The number of benzene rings is 1. The Hall–Kier alpha value is -0.860. The molecule has 3 aliphatic rings. The van der Waals surface area contributed by atoms with Crippen molar-refractivity contribution in [2.24, 2.45) is 11.8 Å². The summed E-state index contributed by atoms with van der Waals surface area (Å²) in [6, 6.07) is 4.22. The third-order valence-corrected chi connectivity index (χ3v) is 9.08. The van der Waals surface area contributed by atoms with E-state index in [1.165, 1.54) is 35.3 Å². The van der Waals surface area contributed by atoms with Gasteiger partial charge in [0, 0.05) is 19.6 Å². The number of nitrogens with zero attached hydrogens (tertiary/aromatic N) is 2. The Balaban J connectivity index is 1.52. The molecule has 4 rings (SSSR count). The topological polar surface area (TPSA) is 69.7 Å². The van der Waals surface area contributed by atoms with Crippen molar-refractivity contribution in [2.45, 2.75) is 62.6 Å². The molecule has 1 spiro atoms. The van der Waals surface area contributed by atoms with Crippen molar-refractivity contribution in [1.29, 1.82) is 0 Å². The van der Waals surface area contributed by atoms with Gasteiger partial charge in [-0.2, -0.15) is 4.31 Å². The molecule has 1 unspecified atom stereocenters. The summed E-state index contributed by atoms with van der Waals surface area (Å²) in [4.78, 5) is 15.3. The molecule has 2 aliphatic heterocycles. The fraction of sp³-hybridized carbons (Fsp3) is 0.667. The van der Waals surface area contributed by atoms with Gasteiger partial charge >= 0.3 is 0 Å². The summed E-state index contributed by atoms with van der Waals surface area (Å²) in [5, 5.41) is 4.17. The third-order valence-electron chi connectivity index (χ3n) is 6.45. The van der Waals surface area contributed by atoms with Crippen LogP contribution in [0.1, 0.15) is 46.0 Å². The molecule has 1 amide bonds. The number of hydrogen-bond donors (Lipinski definition) is 1. The largest absolute Gasteiger partial charge is 0.323 e. The van der Waals surface area contributed by atoms with Crippen molar-refractivity contribution in [3.63, 3.8) is 0 Å². The second-order valence-electron chi connectivity index (χ2n) is 9.23. The standard InChI is InChI=1S/C21H29Cl2N3O3S/c1-14(2)11-19-20(27)26(13-15-3-4-15)21(24-19)7-9-25(10-8-21)30(28,29)16-5-6-17(22)18(23)12-16/h5-6,12,14-15,19,24H,3-4,7-11,13H2,1-2H3. The third kappa shape index (κ3) is 4.24. The number of amides is 1. The summed E-state index contributed by atoms with van der Waals surface area (Å²) in [6.45, 7) is 5.74. The molecule has 1 aromatic rings. The lowest BCUT2D eigenvalue weighted by molar-refractivity contribution is -0.133. The van der Waals surface area contributed by atoms with Crippen LogP contribution in [0.3, 0.4) is 0 Å². The number of rotatable bonds is 6. The number of halogens is 2. The zero-order valence-electron chi connectivity index (χ0n) is 17.4. The number of carbonyl (C=O) groups is 1. The average Bonchev–Trinajstić information content (AvgIpc) is 3.47. The van der Waals surface area contributed by atoms with Crippen LogP contribution in [0, 0.1) is 11.8 Å². The van der Waals surface area contributed by atoms with E-state index in [0.29, 0.717) is 42.8 Å². The minimum atomic E-state index is -3.66. The Morgan fingerprint density at radius 1 is 1.17 bits per heavy atom. The van der Waals surface area contributed by atoms with Gasteiger partial charge in [-0.25, -0.2) is 8.42 Å². The van der Waals surface area contributed by atoms with Gasteiger partial charge < -0.3 is 4.90 Å². The molecule has 1 aliphatic carbocycles. The Kier molecular flexibility index (Phi) is 6.14. The predicted octanol–water partition coefficient (Wildman–Crippen LogP) is 3.73. The van der Waals surface area contributed by atoms with Crippen molar-refractivity contribution >= 4 is 39.1 Å². The number of carbonyl (C=O) groups excluding carboxylic acids is 1. The van der Waals surface area contributed by atoms with Crippen LogP contribution in [-0.4, -0.2) is 54.9 Å². The summed E-state index contributed by atoms with van der Waals surface area (Å²) in [7, 11) is -3.66. The van der Waals surface area contributed by atoms with Gasteiger partial charge in [0.2, 0.25) is 15.9 Å². The molecule has 1 N–H and O–H groups in total. The molecule has 2 saturated heterocycles. The summed E-state index contributed by atoms with van der Waals surface area (Å²) in [5.74, 6) is 1.18. The minimum Gasteiger partial charge on any atom is -0.323 e. The van der Waals surface area contributed by atoms with Gasteiger partial charge in [0.05, 0.1) is 26.6 Å². The van der Waals surface area contributed by atoms with E-state index in [9.17, 15) is 13.2 Å². The highest BCUT2D eigenvalue weighted by atomic mass is 35.5. The minimum absolute atomic E-state index is 0.149. The highest BCUT2D eigenvalue weighted by molar-refractivity contribution is 7.89. The van der Waals surface area contributed by atoms with Crippen LogP contribution in [0.25, 0.3) is 0 Å². The van der Waals surface area contributed by atoms with Crippen molar-refractivity contribution < 1.29 is 13.2 Å². The van der Waals surface area contributed by atoms with Gasteiger partial charge in [-0.05, 0) is 62.1 Å². The molecular formula is C21H29Cl2N3O3S. The molecule has 0 bridgehead atoms. The molecular weight excluding hydrogens is 445 g/mol. The fourth-order valence-electron chi connectivity index (χ4n) is 4.61. The van der Waals surface area contributed by atoms with Gasteiger partial charge in [0.15, 0.2) is 0 Å². The molecule has 6 nitrogen and oxygen atoms in total. The lowest BCUT2D eigenvalue weighted by Gasteiger charge is -2.44. The molecule has 1 atom stereocenters. The number of hydrogen-bond acceptors (Lipinski definition) is 4. The fourth-order valence-corrected chi connectivity index (χ4v) is 6.45. The van der Waals surface area contributed by atoms with E-state index in [0.717, 1.165) is 13.0 Å². The summed E-state index contributed by atoms with van der Waals surface area (Å²) < 4.78 is 27.7. The van der Waals surface area contributed by atoms with E-state index in [2.05, 4.69) is 19.2 Å². The first kappa shape index (κ1) is 22.3. The molecule has 0 aromatic heterocycles.